The number of aromatic nitrogens is 2. The molecule has 240 valence electrons. The van der Waals surface area contributed by atoms with Crippen LogP contribution in [0.15, 0.2) is 36.9 Å². The minimum absolute atomic E-state index is 0.00901. The van der Waals surface area contributed by atoms with Gasteiger partial charge in [0, 0.05) is 43.5 Å². The van der Waals surface area contributed by atoms with E-state index in [9.17, 15) is 14.4 Å². The van der Waals surface area contributed by atoms with E-state index >= 15 is 4.39 Å². The van der Waals surface area contributed by atoms with Crippen LogP contribution in [0.25, 0.3) is 22.0 Å². The molecule has 7 rings (SSSR count). The van der Waals surface area contributed by atoms with Crippen molar-refractivity contribution in [2.45, 2.75) is 69.1 Å². The fourth-order valence-electron chi connectivity index (χ4n) is 8.11. The third-order valence-corrected chi connectivity index (χ3v) is 10.6. The zero-order chi connectivity index (χ0) is 32.0. The highest BCUT2D eigenvalue weighted by Gasteiger charge is 2.49. The second-order valence-corrected chi connectivity index (χ2v) is 13.4. The van der Waals surface area contributed by atoms with Gasteiger partial charge in [0.25, 0.3) is 0 Å². The van der Waals surface area contributed by atoms with Gasteiger partial charge in [-0.15, -0.1) is 0 Å². The van der Waals surface area contributed by atoms with Crippen molar-refractivity contribution in [1.82, 2.24) is 19.8 Å². The van der Waals surface area contributed by atoms with Crippen molar-refractivity contribution in [2.24, 2.45) is 0 Å². The molecule has 3 atom stereocenters. The van der Waals surface area contributed by atoms with E-state index in [1.54, 1.807) is 11.0 Å². The summed E-state index contributed by atoms with van der Waals surface area (Å²) < 4.78 is 37.7. The summed E-state index contributed by atoms with van der Waals surface area (Å²) in [6.07, 6.45) is 6.55. The molecule has 0 bridgehead atoms. The number of rotatable bonds is 7. The van der Waals surface area contributed by atoms with Crippen LogP contribution in [0.1, 0.15) is 49.7 Å². The van der Waals surface area contributed by atoms with E-state index in [0.29, 0.717) is 49.4 Å². The molecule has 3 aliphatic heterocycles. The number of amides is 1. The number of carbonyl (C=O) groups excluding carboxylic acids is 1. The molecule has 1 aliphatic carbocycles. The third-order valence-electron chi connectivity index (χ3n) is 10.3. The standard InChI is InChI=1S/C35H37ClF2N6O2/c1-2-29(45)44-16-15-42(20-24(44)11-13-39)33-27-17-28(36)30(26-10-5-8-22-7-3-4-9-25(22)26)31(38)32(27)40-34(41-33)46-21-35-12-6-14-43(35)19-23(37)18-35/h2,5,8,10,17,23-24H,1,3-4,6-7,9,11-12,14-16,18-21H2/t23-,24+,35+/m1/s1. The number of piperazine rings is 1. The van der Waals surface area contributed by atoms with Gasteiger partial charge in [0.05, 0.1) is 29.1 Å². The molecule has 2 aromatic carbocycles. The summed E-state index contributed by atoms with van der Waals surface area (Å²) in [6, 6.07) is 9.47. The minimum Gasteiger partial charge on any atom is -0.461 e. The van der Waals surface area contributed by atoms with Gasteiger partial charge in [0.15, 0.2) is 5.82 Å². The first-order valence-corrected chi connectivity index (χ1v) is 16.6. The molecular weight excluding hydrogens is 610 g/mol. The maximum atomic E-state index is 16.9. The second kappa shape index (κ2) is 12.4. The van der Waals surface area contributed by atoms with Gasteiger partial charge in [-0.05, 0) is 73.9 Å². The van der Waals surface area contributed by atoms with E-state index in [1.165, 1.54) is 11.6 Å². The summed E-state index contributed by atoms with van der Waals surface area (Å²) in [4.78, 5) is 27.8. The van der Waals surface area contributed by atoms with Gasteiger partial charge < -0.3 is 14.5 Å². The van der Waals surface area contributed by atoms with E-state index in [2.05, 4.69) is 28.6 Å². The lowest BCUT2D eigenvalue weighted by molar-refractivity contribution is -0.128. The van der Waals surface area contributed by atoms with E-state index in [1.807, 2.05) is 17.0 Å². The van der Waals surface area contributed by atoms with Crippen LogP contribution in [0.4, 0.5) is 14.6 Å². The summed E-state index contributed by atoms with van der Waals surface area (Å²) in [5.41, 5.74) is 3.07. The number of nitrogens with zero attached hydrogens (tertiary/aromatic N) is 6. The van der Waals surface area contributed by atoms with Crippen LogP contribution < -0.4 is 9.64 Å². The van der Waals surface area contributed by atoms with Crippen LogP contribution in [0.5, 0.6) is 6.01 Å². The number of fused-ring (bicyclic) bond motifs is 3. The predicted molar refractivity (Wildman–Crippen MR) is 173 cm³/mol. The zero-order valence-corrected chi connectivity index (χ0v) is 26.5. The topological polar surface area (TPSA) is 85.6 Å². The first kappa shape index (κ1) is 30.8. The van der Waals surface area contributed by atoms with Crippen molar-refractivity contribution in [3.63, 3.8) is 0 Å². The number of alkyl halides is 1. The molecule has 4 aliphatic rings. The second-order valence-electron chi connectivity index (χ2n) is 13.0. The molecule has 3 aromatic rings. The summed E-state index contributed by atoms with van der Waals surface area (Å²) in [5.74, 6) is -0.370. The number of nitriles is 1. The first-order valence-electron chi connectivity index (χ1n) is 16.2. The maximum absolute atomic E-state index is 16.9. The Hall–Kier alpha value is -3.81. The van der Waals surface area contributed by atoms with E-state index in [0.717, 1.165) is 56.2 Å². The Morgan fingerprint density at radius 3 is 2.87 bits per heavy atom. The smallest absolute Gasteiger partial charge is 0.319 e. The highest BCUT2D eigenvalue weighted by molar-refractivity contribution is 6.34. The quantitative estimate of drug-likeness (QED) is 0.289. The van der Waals surface area contributed by atoms with E-state index < -0.39 is 23.6 Å². The molecule has 46 heavy (non-hydrogen) atoms. The molecule has 1 aromatic heterocycles. The molecule has 1 amide bonds. The van der Waals surface area contributed by atoms with Crippen molar-refractivity contribution < 1.29 is 18.3 Å². The number of anilines is 1. The highest BCUT2D eigenvalue weighted by atomic mass is 35.5. The lowest BCUT2D eigenvalue weighted by atomic mass is 9.85. The van der Waals surface area contributed by atoms with Crippen molar-refractivity contribution in [3.05, 3.63) is 58.9 Å². The van der Waals surface area contributed by atoms with Gasteiger partial charge in [-0.1, -0.05) is 36.4 Å². The Morgan fingerprint density at radius 2 is 2.04 bits per heavy atom. The lowest BCUT2D eigenvalue weighted by Gasteiger charge is -2.41. The van der Waals surface area contributed by atoms with Crippen LogP contribution in [-0.4, -0.2) is 82.8 Å². The van der Waals surface area contributed by atoms with Crippen LogP contribution in [0, 0.1) is 17.1 Å². The van der Waals surface area contributed by atoms with Crippen molar-refractivity contribution in [2.75, 3.05) is 44.2 Å². The Kier molecular flexibility index (Phi) is 8.32. The van der Waals surface area contributed by atoms with Crippen molar-refractivity contribution >= 4 is 34.2 Å². The van der Waals surface area contributed by atoms with Gasteiger partial charge in [-0.3, -0.25) is 9.69 Å². The number of hydrogen-bond donors (Lipinski definition) is 0. The Balaban J connectivity index is 1.33. The molecule has 0 spiro atoms. The molecule has 4 heterocycles. The molecule has 11 heteroatoms. The third kappa shape index (κ3) is 5.37. The number of hydrogen-bond acceptors (Lipinski definition) is 7. The van der Waals surface area contributed by atoms with E-state index in [-0.39, 0.29) is 35.5 Å². The molecule has 8 nitrogen and oxygen atoms in total. The normalized spacial score (nSPS) is 24.5. The molecule has 0 saturated carbocycles. The largest absolute Gasteiger partial charge is 0.461 e. The van der Waals surface area contributed by atoms with Gasteiger partial charge >= 0.3 is 6.01 Å². The van der Waals surface area contributed by atoms with Crippen molar-refractivity contribution in [1.29, 1.82) is 5.26 Å². The summed E-state index contributed by atoms with van der Waals surface area (Å²) in [7, 11) is 0. The monoisotopic (exact) mass is 646 g/mol. The summed E-state index contributed by atoms with van der Waals surface area (Å²) in [5, 5.41) is 10.2. The van der Waals surface area contributed by atoms with Crippen LogP contribution >= 0.6 is 11.6 Å². The first-order chi connectivity index (χ1) is 22.3. The SMILES string of the molecule is C=CC(=O)N1CCN(c2nc(OC[C@@]34CCCN3C[C@H](F)C4)nc3c(F)c(-c4cccc5c4CCCC5)c(Cl)cc23)C[C@@H]1CC#N. The fraction of sp³-hybridized carbons (Fsp3) is 0.486. The Morgan fingerprint density at radius 1 is 1.20 bits per heavy atom. The minimum atomic E-state index is -0.914. The number of carbonyl (C=O) groups is 1. The van der Waals surface area contributed by atoms with Gasteiger partial charge in [-0.25, -0.2) is 8.78 Å². The van der Waals surface area contributed by atoms with Crippen LogP contribution in [0.3, 0.4) is 0 Å². The molecule has 3 fully saturated rings. The average Bonchev–Trinajstić information content (AvgIpc) is 3.59. The molecule has 0 N–H and O–H groups in total. The Labute approximate surface area is 272 Å². The molecular formula is C35H37ClF2N6O2. The number of ether oxygens (including phenoxy) is 1. The lowest BCUT2D eigenvalue weighted by Crippen LogP contribution is -2.55. The molecule has 0 unspecified atom stereocenters. The fourth-order valence-corrected chi connectivity index (χ4v) is 8.40. The summed E-state index contributed by atoms with van der Waals surface area (Å²) >= 11 is 6.93. The molecule has 3 saturated heterocycles. The van der Waals surface area contributed by atoms with Gasteiger partial charge in [0.1, 0.15) is 24.1 Å². The highest BCUT2D eigenvalue weighted by Crippen LogP contribution is 2.43. The predicted octanol–water partition coefficient (Wildman–Crippen LogP) is 6.04. The van der Waals surface area contributed by atoms with Crippen molar-refractivity contribution in [3.8, 4) is 23.2 Å². The van der Waals surface area contributed by atoms with E-state index in [4.69, 9.17) is 21.3 Å². The average molecular weight is 647 g/mol. The van der Waals surface area contributed by atoms with Crippen LogP contribution in [-0.2, 0) is 17.6 Å². The zero-order valence-electron chi connectivity index (χ0n) is 25.8. The Bertz CT molecular complexity index is 1750. The van der Waals surface area contributed by atoms with Gasteiger partial charge in [-0.2, -0.15) is 15.2 Å². The number of benzene rings is 2. The summed E-state index contributed by atoms with van der Waals surface area (Å²) in [6.45, 7) is 6.04. The van der Waals surface area contributed by atoms with Crippen LogP contribution in [0.2, 0.25) is 5.02 Å². The van der Waals surface area contributed by atoms with Gasteiger partial charge in [0.2, 0.25) is 5.91 Å². The number of aryl methyl sites for hydroxylation is 1. The maximum Gasteiger partial charge on any atom is 0.319 e. The number of halogens is 3. The molecule has 0 radical (unpaired) electrons.